The minimum atomic E-state index is 0.990. The molecule has 2 bridgehead atoms. The van der Waals surface area contributed by atoms with Gasteiger partial charge in [0.1, 0.15) is 0 Å². The van der Waals surface area contributed by atoms with E-state index in [-0.39, 0.29) is 0 Å². The van der Waals surface area contributed by atoms with E-state index in [1.807, 2.05) is 5.57 Å². The molecule has 0 radical (unpaired) electrons. The predicted molar refractivity (Wildman–Crippen MR) is 76.1 cm³/mol. The molecule has 2 unspecified atom stereocenters. The first-order valence-corrected chi connectivity index (χ1v) is 8.10. The highest BCUT2D eigenvalue weighted by Gasteiger charge is 2.31. The fourth-order valence-electron chi connectivity index (χ4n) is 3.69. The van der Waals surface area contributed by atoms with E-state index in [1.54, 1.807) is 0 Å². The Bertz CT molecular complexity index is 238. The van der Waals surface area contributed by atoms with Crippen molar-refractivity contribution in [1.82, 2.24) is 0 Å². The molecule has 0 aromatic rings. The fraction of sp³-hybridized carbons (Fsp3) is 0.882. The van der Waals surface area contributed by atoms with E-state index in [0.717, 1.165) is 11.8 Å². The van der Waals surface area contributed by atoms with Crippen molar-refractivity contribution in [1.29, 1.82) is 0 Å². The summed E-state index contributed by atoms with van der Waals surface area (Å²) in [5, 5.41) is 0. The van der Waals surface area contributed by atoms with Crippen LogP contribution in [0, 0.1) is 11.8 Å². The van der Waals surface area contributed by atoms with Crippen LogP contribution in [-0.4, -0.2) is 0 Å². The maximum atomic E-state index is 2.62. The minimum Gasteiger partial charge on any atom is -0.0819 e. The first-order chi connectivity index (χ1) is 8.40. The largest absolute Gasteiger partial charge is 0.0819 e. The van der Waals surface area contributed by atoms with Crippen LogP contribution < -0.4 is 0 Å². The molecule has 17 heavy (non-hydrogen) atoms. The molecule has 0 aromatic carbocycles. The summed E-state index contributed by atoms with van der Waals surface area (Å²) in [6.07, 6.45) is 20.2. The molecule has 0 spiro atoms. The molecule has 0 heteroatoms. The molecule has 2 rings (SSSR count). The molecular weight excluding hydrogens is 204 g/mol. The maximum Gasteiger partial charge on any atom is -0.0197 e. The van der Waals surface area contributed by atoms with Crippen molar-refractivity contribution >= 4 is 0 Å². The normalized spacial score (nSPS) is 26.5. The summed E-state index contributed by atoms with van der Waals surface area (Å²) >= 11 is 0. The van der Waals surface area contributed by atoms with E-state index < -0.39 is 0 Å². The molecule has 0 nitrogen and oxygen atoms in total. The van der Waals surface area contributed by atoms with Crippen molar-refractivity contribution < 1.29 is 0 Å². The Morgan fingerprint density at radius 1 is 0.941 bits per heavy atom. The van der Waals surface area contributed by atoms with Crippen molar-refractivity contribution in [3.63, 3.8) is 0 Å². The smallest absolute Gasteiger partial charge is 0.0197 e. The standard InChI is InChI=1S/C17H30/c1-2-3-4-5-6-7-8-9-10-16-13-15-11-12-17(16)14-15/h13,15,17H,2-12,14H2,1H3. The number of rotatable bonds is 9. The van der Waals surface area contributed by atoms with Crippen LogP contribution in [0.5, 0.6) is 0 Å². The summed E-state index contributed by atoms with van der Waals surface area (Å²) in [6.45, 7) is 2.29. The molecule has 0 heterocycles. The molecule has 0 aromatic heterocycles. The molecule has 2 aliphatic carbocycles. The number of hydrogen-bond acceptors (Lipinski definition) is 0. The lowest BCUT2D eigenvalue weighted by atomic mass is 9.93. The van der Waals surface area contributed by atoms with E-state index in [1.165, 1.54) is 77.0 Å². The van der Waals surface area contributed by atoms with Crippen LogP contribution in [0.1, 0.15) is 84.0 Å². The van der Waals surface area contributed by atoms with Crippen molar-refractivity contribution in [3.05, 3.63) is 11.6 Å². The third-order valence-electron chi connectivity index (χ3n) is 4.77. The van der Waals surface area contributed by atoms with E-state index in [4.69, 9.17) is 0 Å². The molecule has 1 saturated carbocycles. The molecule has 0 amide bonds. The summed E-state index contributed by atoms with van der Waals surface area (Å²) in [7, 11) is 0. The van der Waals surface area contributed by atoms with E-state index >= 15 is 0 Å². The van der Waals surface area contributed by atoms with Gasteiger partial charge in [0.2, 0.25) is 0 Å². The summed E-state index contributed by atoms with van der Waals surface area (Å²) in [5.41, 5.74) is 1.84. The van der Waals surface area contributed by atoms with Crippen LogP contribution in [0.3, 0.4) is 0 Å². The van der Waals surface area contributed by atoms with Gasteiger partial charge in [0.05, 0.1) is 0 Å². The van der Waals surface area contributed by atoms with Gasteiger partial charge >= 0.3 is 0 Å². The lowest BCUT2D eigenvalue weighted by molar-refractivity contribution is 0.556. The SMILES string of the molecule is CCCCCCCCCCC1=CC2CCC1C2. The van der Waals surface area contributed by atoms with Gasteiger partial charge in [-0.2, -0.15) is 0 Å². The van der Waals surface area contributed by atoms with Crippen LogP contribution in [0.25, 0.3) is 0 Å². The van der Waals surface area contributed by atoms with Crippen LogP contribution in [0.15, 0.2) is 11.6 Å². The number of unbranched alkanes of at least 4 members (excludes halogenated alkanes) is 7. The van der Waals surface area contributed by atoms with Crippen molar-refractivity contribution in [2.75, 3.05) is 0 Å². The second-order valence-corrected chi connectivity index (χ2v) is 6.24. The Morgan fingerprint density at radius 2 is 1.65 bits per heavy atom. The van der Waals surface area contributed by atoms with E-state index in [0.29, 0.717) is 0 Å². The first-order valence-electron chi connectivity index (χ1n) is 8.10. The van der Waals surface area contributed by atoms with Crippen LogP contribution in [-0.2, 0) is 0 Å². The minimum absolute atomic E-state index is 0.990. The average Bonchev–Trinajstić information content (AvgIpc) is 2.94. The van der Waals surface area contributed by atoms with Gasteiger partial charge in [-0.05, 0) is 43.9 Å². The molecule has 0 aliphatic heterocycles. The Morgan fingerprint density at radius 3 is 2.24 bits per heavy atom. The zero-order chi connectivity index (χ0) is 11.9. The first kappa shape index (κ1) is 13.2. The fourth-order valence-corrected chi connectivity index (χ4v) is 3.69. The summed E-state index contributed by atoms with van der Waals surface area (Å²) in [4.78, 5) is 0. The van der Waals surface area contributed by atoms with Crippen LogP contribution in [0.4, 0.5) is 0 Å². The summed E-state index contributed by atoms with van der Waals surface area (Å²) in [6, 6.07) is 0. The highest BCUT2D eigenvalue weighted by molar-refractivity contribution is 5.19. The van der Waals surface area contributed by atoms with Gasteiger partial charge in [0, 0.05) is 0 Å². The van der Waals surface area contributed by atoms with Gasteiger partial charge in [-0.25, -0.2) is 0 Å². The van der Waals surface area contributed by atoms with Crippen molar-refractivity contribution in [3.8, 4) is 0 Å². The monoisotopic (exact) mass is 234 g/mol. The van der Waals surface area contributed by atoms with Gasteiger partial charge < -0.3 is 0 Å². The highest BCUT2D eigenvalue weighted by atomic mass is 14.4. The van der Waals surface area contributed by atoms with E-state index in [9.17, 15) is 0 Å². The van der Waals surface area contributed by atoms with Gasteiger partial charge in [-0.15, -0.1) is 0 Å². The number of fused-ring (bicyclic) bond motifs is 2. The molecule has 2 aliphatic rings. The third-order valence-corrected chi connectivity index (χ3v) is 4.77. The van der Waals surface area contributed by atoms with Crippen molar-refractivity contribution in [2.45, 2.75) is 84.0 Å². The number of allylic oxidation sites excluding steroid dienone is 2. The second-order valence-electron chi connectivity index (χ2n) is 6.24. The predicted octanol–water partition coefficient (Wildman–Crippen LogP) is 5.87. The Balaban J connectivity index is 1.43. The average molecular weight is 234 g/mol. The highest BCUT2D eigenvalue weighted by Crippen LogP contribution is 2.45. The van der Waals surface area contributed by atoms with Crippen LogP contribution >= 0.6 is 0 Å². The quantitative estimate of drug-likeness (QED) is 0.345. The second kappa shape index (κ2) is 7.24. The maximum absolute atomic E-state index is 2.62. The van der Waals surface area contributed by atoms with E-state index in [2.05, 4.69) is 13.0 Å². The molecular formula is C17H30. The Labute approximate surface area is 108 Å². The molecule has 0 saturated heterocycles. The third kappa shape index (κ3) is 4.16. The van der Waals surface area contributed by atoms with Crippen LogP contribution in [0.2, 0.25) is 0 Å². The Kier molecular flexibility index (Phi) is 5.61. The zero-order valence-corrected chi connectivity index (χ0v) is 11.7. The van der Waals surface area contributed by atoms with Gasteiger partial charge in [0.15, 0.2) is 0 Å². The zero-order valence-electron chi connectivity index (χ0n) is 11.7. The molecule has 2 atom stereocenters. The van der Waals surface area contributed by atoms with Gasteiger partial charge in [-0.3, -0.25) is 0 Å². The van der Waals surface area contributed by atoms with Gasteiger partial charge in [0.25, 0.3) is 0 Å². The molecule has 1 fully saturated rings. The lowest BCUT2D eigenvalue weighted by Crippen LogP contribution is -1.97. The number of hydrogen-bond donors (Lipinski definition) is 0. The molecule has 98 valence electrons. The topological polar surface area (TPSA) is 0 Å². The molecule has 0 N–H and O–H groups in total. The summed E-state index contributed by atoms with van der Waals surface area (Å²) < 4.78 is 0. The summed E-state index contributed by atoms with van der Waals surface area (Å²) in [5.74, 6) is 2.01. The Hall–Kier alpha value is -0.260. The lowest BCUT2D eigenvalue weighted by Gasteiger charge is -2.12. The van der Waals surface area contributed by atoms with Crippen molar-refractivity contribution in [2.24, 2.45) is 11.8 Å². The van der Waals surface area contributed by atoms with Gasteiger partial charge in [-0.1, -0.05) is 63.5 Å².